The molecular formula is C33H33BrN4O5. The van der Waals surface area contributed by atoms with Crippen LogP contribution in [0, 0.1) is 5.92 Å². The Morgan fingerprint density at radius 3 is 2.74 bits per heavy atom. The van der Waals surface area contributed by atoms with Crippen LogP contribution in [0.5, 0.6) is 0 Å². The number of likely N-dealkylation sites (tertiary alicyclic amines) is 1. The molecule has 43 heavy (non-hydrogen) atoms. The fourth-order valence-electron chi connectivity index (χ4n) is 6.28. The van der Waals surface area contributed by atoms with Gasteiger partial charge in [-0.1, -0.05) is 59.3 Å². The quantitative estimate of drug-likeness (QED) is 0.246. The van der Waals surface area contributed by atoms with Gasteiger partial charge in [0.05, 0.1) is 41.5 Å². The van der Waals surface area contributed by atoms with Gasteiger partial charge in [0.25, 0.3) is 11.5 Å². The molecule has 2 aliphatic rings. The number of nitrogens with one attached hydrogen (secondary N) is 1. The molecular weight excluding hydrogens is 612 g/mol. The van der Waals surface area contributed by atoms with Crippen molar-refractivity contribution in [3.63, 3.8) is 0 Å². The Morgan fingerprint density at radius 1 is 1.14 bits per heavy atom. The third-order valence-electron chi connectivity index (χ3n) is 8.62. The van der Waals surface area contributed by atoms with Crippen molar-refractivity contribution in [2.45, 2.75) is 44.4 Å². The lowest BCUT2D eigenvalue weighted by molar-refractivity contribution is -0.139. The van der Waals surface area contributed by atoms with E-state index < -0.39 is 17.4 Å². The summed E-state index contributed by atoms with van der Waals surface area (Å²) in [7, 11) is 0. The summed E-state index contributed by atoms with van der Waals surface area (Å²) in [5.74, 6) is -1.17. The number of halogens is 1. The van der Waals surface area contributed by atoms with Crippen molar-refractivity contribution in [3.8, 4) is 5.69 Å². The fourth-order valence-corrected chi connectivity index (χ4v) is 6.64. The highest BCUT2D eigenvalue weighted by molar-refractivity contribution is 9.10. The normalized spacial score (nSPS) is 20.8. The Morgan fingerprint density at radius 2 is 1.95 bits per heavy atom. The van der Waals surface area contributed by atoms with E-state index in [1.807, 2.05) is 54.6 Å². The first kappa shape index (κ1) is 29.1. The lowest BCUT2D eigenvalue weighted by atomic mass is 9.83. The minimum Gasteiger partial charge on any atom is -0.394 e. The maximum Gasteiger partial charge on any atom is 0.279 e. The van der Waals surface area contributed by atoms with Crippen molar-refractivity contribution in [2.75, 3.05) is 18.1 Å². The number of H-pyrrole nitrogens is 1. The van der Waals surface area contributed by atoms with E-state index in [0.717, 1.165) is 28.4 Å². The van der Waals surface area contributed by atoms with E-state index in [4.69, 9.17) is 0 Å². The zero-order valence-electron chi connectivity index (χ0n) is 23.7. The summed E-state index contributed by atoms with van der Waals surface area (Å²) in [5.41, 5.74) is 1.23. The molecule has 4 aromatic rings. The molecule has 0 bridgehead atoms. The molecule has 0 spiro atoms. The van der Waals surface area contributed by atoms with Crippen LogP contribution in [0.2, 0.25) is 0 Å². The molecule has 3 atom stereocenters. The summed E-state index contributed by atoms with van der Waals surface area (Å²) in [6.45, 7) is 2.53. The first-order valence-electron chi connectivity index (χ1n) is 14.4. The highest BCUT2D eigenvalue weighted by atomic mass is 79.9. The van der Waals surface area contributed by atoms with Gasteiger partial charge in [0.1, 0.15) is 0 Å². The second kappa shape index (κ2) is 11.6. The van der Waals surface area contributed by atoms with Gasteiger partial charge in [-0.3, -0.25) is 19.5 Å². The number of aromatic amines is 1. The van der Waals surface area contributed by atoms with Gasteiger partial charge in [-0.2, -0.15) is 0 Å². The zero-order valence-corrected chi connectivity index (χ0v) is 25.3. The van der Waals surface area contributed by atoms with E-state index in [-0.39, 0.29) is 37.1 Å². The zero-order chi connectivity index (χ0) is 30.3. The predicted octanol–water partition coefficient (Wildman–Crippen LogP) is 4.38. The summed E-state index contributed by atoms with van der Waals surface area (Å²) in [6.07, 6.45) is 5.21. The number of hydrogen-bond acceptors (Lipinski definition) is 5. The molecule has 3 aromatic carbocycles. The lowest BCUT2D eigenvalue weighted by Crippen LogP contribution is -2.44. The number of nitrogens with zero attached hydrogens (tertiary/aromatic N) is 3. The predicted molar refractivity (Wildman–Crippen MR) is 168 cm³/mol. The van der Waals surface area contributed by atoms with Gasteiger partial charge in [0.2, 0.25) is 5.91 Å². The van der Waals surface area contributed by atoms with Crippen molar-refractivity contribution >= 4 is 44.3 Å². The average Bonchev–Trinajstić information content (AvgIpc) is 3.68. The van der Waals surface area contributed by atoms with Crippen molar-refractivity contribution in [1.82, 2.24) is 14.7 Å². The number of fused-ring (bicyclic) bond motifs is 2. The molecule has 9 nitrogen and oxygen atoms in total. The van der Waals surface area contributed by atoms with E-state index in [2.05, 4.69) is 21.0 Å². The van der Waals surface area contributed by atoms with Gasteiger partial charge in [-0.05, 0) is 60.9 Å². The molecule has 0 unspecified atom stereocenters. The first-order valence-corrected chi connectivity index (χ1v) is 15.2. The molecule has 222 valence electrons. The molecule has 1 saturated heterocycles. The summed E-state index contributed by atoms with van der Waals surface area (Å²) >= 11 is 3.49. The monoisotopic (exact) mass is 644 g/mol. The Balaban J connectivity index is 1.26. The lowest BCUT2D eigenvalue weighted by Gasteiger charge is -2.28. The molecule has 2 amide bonds. The molecule has 0 radical (unpaired) electrons. The van der Waals surface area contributed by atoms with Crippen LogP contribution in [0.25, 0.3) is 16.6 Å². The Kier molecular flexibility index (Phi) is 7.85. The van der Waals surface area contributed by atoms with Crippen molar-refractivity contribution in [2.24, 2.45) is 5.92 Å². The largest absolute Gasteiger partial charge is 0.394 e. The van der Waals surface area contributed by atoms with Crippen molar-refractivity contribution in [1.29, 1.82) is 0 Å². The van der Waals surface area contributed by atoms with Crippen LogP contribution >= 0.6 is 15.9 Å². The van der Waals surface area contributed by atoms with E-state index in [0.29, 0.717) is 28.9 Å². The summed E-state index contributed by atoms with van der Waals surface area (Å²) in [4.78, 5) is 43.1. The Bertz CT molecular complexity index is 1800. The van der Waals surface area contributed by atoms with Gasteiger partial charge in [-0.15, -0.1) is 0 Å². The van der Waals surface area contributed by atoms with E-state index >= 15 is 0 Å². The number of benzene rings is 3. The second-order valence-corrected chi connectivity index (χ2v) is 12.2. The topological polar surface area (TPSA) is 119 Å². The van der Waals surface area contributed by atoms with Crippen LogP contribution in [0.1, 0.15) is 37.3 Å². The van der Waals surface area contributed by atoms with Crippen LogP contribution in [0.4, 0.5) is 5.69 Å². The van der Waals surface area contributed by atoms with E-state index in [1.165, 1.54) is 4.68 Å². The number of carbonyl (C=O) groups excluding carboxylic acids is 2. The molecule has 1 aromatic heterocycles. The molecule has 0 saturated carbocycles. The van der Waals surface area contributed by atoms with Crippen LogP contribution < -0.4 is 10.5 Å². The third kappa shape index (κ3) is 5.13. The number of aliphatic hydroxyl groups excluding tert-OH is 1. The molecule has 3 heterocycles. The SMILES string of the molecule is C[C@H](/C=C/CC(=O)N1CCC[C@H]1CO)[C@@]1(O)C(=O)N(Cc2cccc(-n3[nH]c4ccccc4c3=O)c2)c2ccc(Br)cc21. The maximum absolute atomic E-state index is 14.0. The Labute approximate surface area is 257 Å². The van der Waals surface area contributed by atoms with Gasteiger partial charge in [0.15, 0.2) is 5.60 Å². The molecule has 6 rings (SSSR count). The maximum atomic E-state index is 14.0. The first-order chi connectivity index (χ1) is 20.7. The summed E-state index contributed by atoms with van der Waals surface area (Å²) < 4.78 is 2.22. The number of anilines is 1. The number of rotatable bonds is 8. The number of amides is 2. The van der Waals surface area contributed by atoms with Crippen LogP contribution in [0.3, 0.4) is 0 Å². The number of aliphatic hydroxyl groups is 2. The average molecular weight is 646 g/mol. The minimum atomic E-state index is -1.84. The molecule has 1 fully saturated rings. The van der Waals surface area contributed by atoms with Gasteiger partial charge in [-0.25, -0.2) is 4.68 Å². The van der Waals surface area contributed by atoms with Crippen molar-refractivity contribution < 1.29 is 19.8 Å². The second-order valence-electron chi connectivity index (χ2n) is 11.3. The number of aromatic nitrogens is 2. The molecule has 0 aliphatic carbocycles. The minimum absolute atomic E-state index is 0.0526. The van der Waals surface area contributed by atoms with Gasteiger partial charge >= 0.3 is 0 Å². The van der Waals surface area contributed by atoms with E-state index in [9.17, 15) is 24.6 Å². The number of carbonyl (C=O) groups is 2. The molecule has 2 aliphatic heterocycles. The van der Waals surface area contributed by atoms with Crippen molar-refractivity contribution in [3.05, 3.63) is 105 Å². The van der Waals surface area contributed by atoms with Crippen LogP contribution in [-0.4, -0.2) is 55.9 Å². The summed E-state index contributed by atoms with van der Waals surface area (Å²) in [6, 6.07) is 20.0. The van der Waals surface area contributed by atoms with Gasteiger partial charge in [0, 0.05) is 28.9 Å². The van der Waals surface area contributed by atoms with E-state index in [1.54, 1.807) is 41.0 Å². The molecule has 3 N–H and O–H groups in total. The Hall–Kier alpha value is -3.99. The number of hydrogen-bond donors (Lipinski definition) is 3. The standard InChI is InChI=1S/C33H33BrN4O5/c1-21(7-4-13-30(40)36-16-6-10-25(36)20-39)33(43)27-18-23(34)14-15-29(27)37(32(33)42)19-22-8-5-9-24(17-22)38-31(41)26-11-2-3-12-28(26)35-38/h2-5,7-9,11-12,14-15,17-18,21,25,35,39,43H,6,10,13,16,19-20H2,1H3/b7-4+/t21-,25+,33+/m1/s1. The highest BCUT2D eigenvalue weighted by Gasteiger charge is 2.52. The van der Waals surface area contributed by atoms with Crippen LogP contribution in [0.15, 0.2) is 88.1 Å². The highest BCUT2D eigenvalue weighted by Crippen LogP contribution is 2.46. The van der Waals surface area contributed by atoms with Crippen LogP contribution in [-0.2, 0) is 21.7 Å². The molecule has 10 heteroatoms. The van der Waals surface area contributed by atoms with Gasteiger partial charge < -0.3 is 20.0 Å². The third-order valence-corrected chi connectivity index (χ3v) is 9.11. The fraction of sp³-hybridized carbons (Fsp3) is 0.303. The smallest absolute Gasteiger partial charge is 0.279 e. The summed E-state index contributed by atoms with van der Waals surface area (Å²) in [5, 5.41) is 25.3. The number of para-hydroxylation sites is 1.